The molecule has 4 nitrogen and oxygen atoms in total. The molecule has 0 amide bonds. The molecule has 114 valence electrons. The van der Waals surface area contributed by atoms with Crippen molar-refractivity contribution in [1.82, 2.24) is 4.72 Å². The van der Waals surface area contributed by atoms with Crippen LogP contribution in [0.5, 0.6) is 0 Å². The third-order valence-corrected chi connectivity index (χ3v) is 5.00. The van der Waals surface area contributed by atoms with Gasteiger partial charge in [-0.15, -0.1) is 0 Å². The molecule has 0 aliphatic rings. The van der Waals surface area contributed by atoms with Crippen molar-refractivity contribution >= 4 is 21.0 Å². The van der Waals surface area contributed by atoms with Gasteiger partial charge in [-0.3, -0.25) is 0 Å². The van der Waals surface area contributed by atoms with Crippen LogP contribution in [-0.2, 0) is 16.4 Å². The summed E-state index contributed by atoms with van der Waals surface area (Å²) in [5, 5.41) is 1.02. The van der Waals surface area contributed by atoms with Crippen molar-refractivity contribution in [3.05, 3.63) is 66.4 Å². The first-order valence-corrected chi connectivity index (χ1v) is 8.58. The summed E-state index contributed by atoms with van der Waals surface area (Å²) in [7, 11) is -3.50. The van der Waals surface area contributed by atoms with Crippen molar-refractivity contribution in [2.45, 2.75) is 24.3 Å². The Hall–Kier alpha value is -2.11. The zero-order chi connectivity index (χ0) is 15.6. The highest BCUT2D eigenvalue weighted by Crippen LogP contribution is 2.20. The minimum absolute atomic E-state index is 0.259. The number of benzene rings is 2. The fourth-order valence-corrected chi connectivity index (χ4v) is 3.68. The fourth-order valence-electron chi connectivity index (χ4n) is 2.41. The Balaban J connectivity index is 1.73. The third kappa shape index (κ3) is 3.21. The standard InChI is InChI=1S/C17H17NO3S/c1-13(18-22(19,20)16-8-3-2-4-9-16)11-15-12-14-7-5-6-10-17(14)21-15/h2-10,12-13,18H,11H2,1H3/t13-/m0/s1. The number of hydrogen-bond acceptors (Lipinski definition) is 3. The molecule has 0 radical (unpaired) electrons. The van der Waals surface area contributed by atoms with E-state index in [2.05, 4.69) is 4.72 Å². The largest absolute Gasteiger partial charge is 0.461 e. The second kappa shape index (κ2) is 5.94. The van der Waals surface area contributed by atoms with Gasteiger partial charge in [-0.1, -0.05) is 36.4 Å². The van der Waals surface area contributed by atoms with Gasteiger partial charge in [0.25, 0.3) is 0 Å². The number of nitrogens with one attached hydrogen (secondary N) is 1. The maximum atomic E-state index is 12.3. The number of hydrogen-bond donors (Lipinski definition) is 1. The molecule has 22 heavy (non-hydrogen) atoms. The van der Waals surface area contributed by atoms with Crippen molar-refractivity contribution in [1.29, 1.82) is 0 Å². The van der Waals surface area contributed by atoms with Gasteiger partial charge in [0.2, 0.25) is 10.0 Å². The van der Waals surface area contributed by atoms with E-state index in [1.807, 2.05) is 37.3 Å². The SMILES string of the molecule is C[C@@H](Cc1cc2ccccc2o1)NS(=O)(=O)c1ccccc1. The Labute approximate surface area is 129 Å². The highest BCUT2D eigenvalue weighted by Gasteiger charge is 2.18. The summed E-state index contributed by atoms with van der Waals surface area (Å²) < 4.78 is 32.9. The van der Waals surface area contributed by atoms with Crippen LogP contribution in [0.1, 0.15) is 12.7 Å². The molecular formula is C17H17NO3S. The highest BCUT2D eigenvalue weighted by atomic mass is 32.2. The van der Waals surface area contributed by atoms with E-state index in [0.29, 0.717) is 6.42 Å². The minimum Gasteiger partial charge on any atom is -0.461 e. The van der Waals surface area contributed by atoms with Crippen LogP contribution in [0.25, 0.3) is 11.0 Å². The second-order valence-electron chi connectivity index (χ2n) is 5.29. The number of furan rings is 1. The molecule has 1 N–H and O–H groups in total. The van der Waals surface area contributed by atoms with Crippen LogP contribution in [-0.4, -0.2) is 14.5 Å². The topological polar surface area (TPSA) is 59.3 Å². The Morgan fingerprint density at radius 1 is 1.05 bits per heavy atom. The van der Waals surface area contributed by atoms with Crippen LogP contribution in [0, 0.1) is 0 Å². The van der Waals surface area contributed by atoms with Crippen LogP contribution in [0.4, 0.5) is 0 Å². The Bertz CT molecular complexity index is 836. The summed E-state index contributed by atoms with van der Waals surface area (Å²) in [5.41, 5.74) is 0.815. The molecule has 0 aliphatic carbocycles. The molecule has 1 heterocycles. The van der Waals surface area contributed by atoms with E-state index in [9.17, 15) is 8.42 Å². The van der Waals surface area contributed by atoms with Crippen LogP contribution < -0.4 is 4.72 Å². The quantitative estimate of drug-likeness (QED) is 0.785. The van der Waals surface area contributed by atoms with Gasteiger partial charge in [-0.05, 0) is 31.2 Å². The molecule has 2 aromatic carbocycles. The van der Waals surface area contributed by atoms with Gasteiger partial charge in [0.05, 0.1) is 4.90 Å². The predicted molar refractivity (Wildman–Crippen MR) is 86.1 cm³/mol. The van der Waals surface area contributed by atoms with E-state index in [-0.39, 0.29) is 10.9 Å². The molecule has 0 spiro atoms. The Morgan fingerprint density at radius 3 is 2.45 bits per heavy atom. The maximum Gasteiger partial charge on any atom is 0.240 e. The zero-order valence-corrected chi connectivity index (χ0v) is 13.0. The average molecular weight is 315 g/mol. The van der Waals surface area contributed by atoms with E-state index in [1.54, 1.807) is 30.3 Å². The van der Waals surface area contributed by atoms with E-state index < -0.39 is 10.0 Å². The maximum absolute atomic E-state index is 12.3. The summed E-state index contributed by atoms with van der Waals surface area (Å²) >= 11 is 0. The van der Waals surface area contributed by atoms with E-state index in [0.717, 1.165) is 16.7 Å². The van der Waals surface area contributed by atoms with Crippen LogP contribution in [0.2, 0.25) is 0 Å². The van der Waals surface area contributed by atoms with Crippen LogP contribution in [0.15, 0.2) is 70.0 Å². The molecule has 1 aromatic heterocycles. The first-order chi connectivity index (χ1) is 10.5. The monoisotopic (exact) mass is 315 g/mol. The summed E-state index contributed by atoms with van der Waals surface area (Å²) in [6, 6.07) is 17.8. The number of fused-ring (bicyclic) bond motifs is 1. The lowest BCUT2D eigenvalue weighted by Gasteiger charge is -2.12. The first-order valence-electron chi connectivity index (χ1n) is 7.09. The normalized spacial score (nSPS) is 13.3. The van der Waals surface area contributed by atoms with Gasteiger partial charge in [-0.2, -0.15) is 0 Å². The lowest BCUT2D eigenvalue weighted by Crippen LogP contribution is -2.33. The van der Waals surface area contributed by atoms with E-state index in [1.165, 1.54) is 0 Å². The molecule has 0 unspecified atom stereocenters. The van der Waals surface area contributed by atoms with Crippen LogP contribution in [0.3, 0.4) is 0 Å². The van der Waals surface area contributed by atoms with Gasteiger partial charge in [0, 0.05) is 17.8 Å². The van der Waals surface area contributed by atoms with Crippen molar-refractivity contribution in [3.8, 4) is 0 Å². The van der Waals surface area contributed by atoms with Gasteiger partial charge in [-0.25, -0.2) is 13.1 Å². The van der Waals surface area contributed by atoms with E-state index >= 15 is 0 Å². The molecule has 1 atom stereocenters. The van der Waals surface area contributed by atoms with Crippen molar-refractivity contribution in [3.63, 3.8) is 0 Å². The van der Waals surface area contributed by atoms with Crippen LogP contribution >= 0.6 is 0 Å². The third-order valence-electron chi connectivity index (χ3n) is 3.39. The zero-order valence-electron chi connectivity index (χ0n) is 12.2. The lowest BCUT2D eigenvalue weighted by atomic mass is 10.2. The van der Waals surface area contributed by atoms with Gasteiger partial charge < -0.3 is 4.42 Å². The molecule has 0 fully saturated rings. The number of rotatable bonds is 5. The molecule has 0 bridgehead atoms. The summed E-state index contributed by atoms with van der Waals surface area (Å²) in [5.74, 6) is 0.768. The number of sulfonamides is 1. The van der Waals surface area contributed by atoms with Crippen molar-refractivity contribution < 1.29 is 12.8 Å². The lowest BCUT2D eigenvalue weighted by molar-refractivity contribution is 0.504. The molecule has 0 saturated carbocycles. The smallest absolute Gasteiger partial charge is 0.240 e. The molecule has 0 saturated heterocycles. The first kappa shape index (κ1) is 14.8. The van der Waals surface area contributed by atoms with Gasteiger partial charge in [0.15, 0.2) is 0 Å². The van der Waals surface area contributed by atoms with Gasteiger partial charge >= 0.3 is 0 Å². The molecule has 3 rings (SSSR count). The number of para-hydroxylation sites is 1. The summed E-state index contributed by atoms with van der Waals surface area (Å²) in [6.45, 7) is 1.83. The van der Waals surface area contributed by atoms with Gasteiger partial charge in [0.1, 0.15) is 11.3 Å². The fraction of sp³-hybridized carbons (Fsp3) is 0.176. The predicted octanol–water partition coefficient (Wildman–Crippen LogP) is 3.34. The summed E-state index contributed by atoms with van der Waals surface area (Å²) in [4.78, 5) is 0.270. The highest BCUT2D eigenvalue weighted by molar-refractivity contribution is 7.89. The molecule has 0 aliphatic heterocycles. The molecular weight excluding hydrogens is 298 g/mol. The Morgan fingerprint density at radius 2 is 1.73 bits per heavy atom. The minimum atomic E-state index is -3.50. The van der Waals surface area contributed by atoms with Crippen molar-refractivity contribution in [2.24, 2.45) is 0 Å². The van der Waals surface area contributed by atoms with E-state index in [4.69, 9.17) is 4.42 Å². The second-order valence-corrected chi connectivity index (χ2v) is 7.00. The average Bonchev–Trinajstić information content (AvgIpc) is 2.89. The van der Waals surface area contributed by atoms with Crippen molar-refractivity contribution in [2.75, 3.05) is 0 Å². The molecule has 3 aromatic rings. The Kier molecular flexibility index (Phi) is 4.00. The molecule has 5 heteroatoms. The summed E-state index contributed by atoms with van der Waals surface area (Å²) in [6.07, 6.45) is 0.501.